The van der Waals surface area contributed by atoms with Gasteiger partial charge < -0.3 is 15.3 Å². The monoisotopic (exact) mass is 278 g/mol. The molecule has 1 fully saturated rings. The zero-order chi connectivity index (χ0) is 14.4. The summed E-state index contributed by atoms with van der Waals surface area (Å²) in [5.74, 6) is -1.00. The van der Waals surface area contributed by atoms with Gasteiger partial charge in [0.15, 0.2) is 5.69 Å². The van der Waals surface area contributed by atoms with Crippen molar-refractivity contribution in [1.29, 1.82) is 0 Å². The van der Waals surface area contributed by atoms with Gasteiger partial charge in [0.1, 0.15) is 6.33 Å². The van der Waals surface area contributed by atoms with Gasteiger partial charge in [0.2, 0.25) is 5.91 Å². The molecule has 0 atom stereocenters. The largest absolute Gasteiger partial charge is 0.477 e. The van der Waals surface area contributed by atoms with Crippen LogP contribution in [-0.2, 0) is 11.3 Å². The number of carbonyl (C=O) groups is 2. The van der Waals surface area contributed by atoms with Gasteiger partial charge in [-0.15, -0.1) is 0 Å². The van der Waals surface area contributed by atoms with Crippen molar-refractivity contribution in [2.75, 3.05) is 19.6 Å². The van der Waals surface area contributed by atoms with Crippen molar-refractivity contribution >= 4 is 11.9 Å². The van der Waals surface area contributed by atoms with Gasteiger partial charge in [0.05, 0.1) is 12.2 Å². The number of aromatic nitrogens is 2. The fourth-order valence-electron chi connectivity index (χ4n) is 2.16. The van der Waals surface area contributed by atoms with Gasteiger partial charge in [-0.2, -0.15) is 0 Å². The number of hydrogen-bond donors (Lipinski definition) is 2. The summed E-state index contributed by atoms with van der Waals surface area (Å²) in [6.07, 6.45) is 4.54. The molecule has 7 nitrogen and oxygen atoms in total. The predicted octanol–water partition coefficient (Wildman–Crippen LogP) is 0.277. The van der Waals surface area contributed by atoms with Gasteiger partial charge in [0.25, 0.3) is 0 Å². The number of nitrogens with zero attached hydrogens (tertiary/aromatic N) is 3. The topological polar surface area (TPSA) is 95.4 Å². The number of piperidine rings is 1. The Labute approximate surface area is 117 Å². The minimum Gasteiger partial charge on any atom is -0.477 e. The molecule has 1 aliphatic rings. The first-order chi connectivity index (χ1) is 9.66. The molecule has 1 amide bonds. The second-order valence-electron chi connectivity index (χ2n) is 4.74. The van der Waals surface area contributed by atoms with Crippen LogP contribution < -0.4 is 5.32 Å². The Morgan fingerprint density at radius 3 is 2.70 bits per heavy atom. The summed E-state index contributed by atoms with van der Waals surface area (Å²) in [4.78, 5) is 32.1. The van der Waals surface area contributed by atoms with Crippen molar-refractivity contribution in [3.63, 3.8) is 0 Å². The maximum absolute atomic E-state index is 11.9. The molecule has 0 radical (unpaired) electrons. The van der Waals surface area contributed by atoms with Crippen LogP contribution in [0.25, 0.3) is 0 Å². The van der Waals surface area contributed by atoms with Gasteiger partial charge in [-0.05, 0) is 25.3 Å². The molecule has 2 N–H and O–H groups in total. The Hall–Kier alpha value is -2.02. The highest BCUT2D eigenvalue weighted by molar-refractivity contribution is 5.85. The van der Waals surface area contributed by atoms with Crippen LogP contribution in [0.5, 0.6) is 0 Å². The molecular weight excluding hydrogens is 260 g/mol. The highest BCUT2D eigenvalue weighted by Gasteiger charge is 2.15. The molecule has 0 spiro atoms. The predicted molar refractivity (Wildman–Crippen MR) is 71.1 cm³/mol. The SMILES string of the molecule is O=C(O)c1cc(CNCC(=O)N2CCCCC2)ncn1. The number of hydrogen-bond acceptors (Lipinski definition) is 5. The highest BCUT2D eigenvalue weighted by Crippen LogP contribution is 2.08. The van der Waals surface area contributed by atoms with E-state index in [2.05, 4.69) is 15.3 Å². The van der Waals surface area contributed by atoms with E-state index in [1.165, 1.54) is 18.8 Å². The molecule has 1 saturated heterocycles. The fourth-order valence-corrected chi connectivity index (χ4v) is 2.16. The molecule has 1 aromatic rings. The van der Waals surface area contributed by atoms with E-state index in [4.69, 9.17) is 5.11 Å². The summed E-state index contributed by atoms with van der Waals surface area (Å²) in [6, 6.07) is 1.40. The maximum atomic E-state index is 11.9. The molecule has 2 rings (SSSR count). The summed E-state index contributed by atoms with van der Waals surface area (Å²) in [7, 11) is 0. The molecule has 1 aromatic heterocycles. The molecule has 7 heteroatoms. The maximum Gasteiger partial charge on any atom is 0.354 e. The normalized spacial score (nSPS) is 15.1. The Morgan fingerprint density at radius 2 is 2.00 bits per heavy atom. The van der Waals surface area contributed by atoms with Crippen LogP contribution in [0.4, 0.5) is 0 Å². The fraction of sp³-hybridized carbons (Fsp3) is 0.538. The van der Waals surface area contributed by atoms with Gasteiger partial charge in [-0.1, -0.05) is 0 Å². The van der Waals surface area contributed by atoms with Crippen molar-refractivity contribution in [2.45, 2.75) is 25.8 Å². The van der Waals surface area contributed by atoms with Crippen LogP contribution in [0.2, 0.25) is 0 Å². The van der Waals surface area contributed by atoms with E-state index < -0.39 is 5.97 Å². The molecule has 2 heterocycles. The Morgan fingerprint density at radius 1 is 1.25 bits per heavy atom. The van der Waals surface area contributed by atoms with Gasteiger partial charge in [-0.3, -0.25) is 4.79 Å². The van der Waals surface area contributed by atoms with E-state index in [9.17, 15) is 9.59 Å². The van der Waals surface area contributed by atoms with Gasteiger partial charge >= 0.3 is 5.97 Å². The Bertz CT molecular complexity index is 486. The molecule has 20 heavy (non-hydrogen) atoms. The van der Waals surface area contributed by atoms with E-state index >= 15 is 0 Å². The molecule has 0 aliphatic carbocycles. The van der Waals surface area contributed by atoms with Crippen LogP contribution in [0.1, 0.15) is 35.4 Å². The van der Waals surface area contributed by atoms with E-state index in [1.54, 1.807) is 0 Å². The second-order valence-corrected chi connectivity index (χ2v) is 4.74. The van der Waals surface area contributed by atoms with Gasteiger partial charge in [-0.25, -0.2) is 14.8 Å². The molecule has 0 unspecified atom stereocenters. The van der Waals surface area contributed by atoms with Crippen molar-refractivity contribution in [2.24, 2.45) is 0 Å². The number of likely N-dealkylation sites (tertiary alicyclic amines) is 1. The first kappa shape index (κ1) is 14.4. The lowest BCUT2D eigenvalue weighted by Crippen LogP contribution is -2.41. The van der Waals surface area contributed by atoms with Crippen LogP contribution >= 0.6 is 0 Å². The van der Waals surface area contributed by atoms with Crippen LogP contribution in [-0.4, -0.2) is 51.5 Å². The minimum atomic E-state index is -1.09. The highest BCUT2D eigenvalue weighted by atomic mass is 16.4. The third-order valence-electron chi connectivity index (χ3n) is 3.23. The Kier molecular flexibility index (Phi) is 5.00. The third-order valence-corrected chi connectivity index (χ3v) is 3.23. The smallest absolute Gasteiger partial charge is 0.354 e. The molecule has 1 aliphatic heterocycles. The van der Waals surface area contributed by atoms with Crippen molar-refractivity contribution < 1.29 is 14.7 Å². The van der Waals surface area contributed by atoms with Gasteiger partial charge in [0, 0.05) is 19.6 Å². The van der Waals surface area contributed by atoms with E-state index in [-0.39, 0.29) is 18.1 Å². The molecule has 108 valence electrons. The lowest BCUT2D eigenvalue weighted by Gasteiger charge is -2.26. The number of carbonyl (C=O) groups excluding carboxylic acids is 1. The number of rotatable bonds is 5. The minimum absolute atomic E-state index is 0.0424. The summed E-state index contributed by atoms with van der Waals surface area (Å²) >= 11 is 0. The zero-order valence-corrected chi connectivity index (χ0v) is 11.2. The quantitative estimate of drug-likeness (QED) is 0.803. The summed E-state index contributed by atoms with van der Waals surface area (Å²) < 4.78 is 0. The molecule has 0 aromatic carbocycles. The standard InChI is InChI=1S/C13H18N4O3/c18-12(17-4-2-1-3-5-17)8-14-7-10-6-11(13(19)20)16-9-15-10/h6,9,14H,1-5,7-8H2,(H,19,20). The number of nitrogens with one attached hydrogen (secondary N) is 1. The number of carboxylic acids is 1. The van der Waals surface area contributed by atoms with E-state index in [0.29, 0.717) is 12.2 Å². The molecule has 0 saturated carbocycles. The summed E-state index contributed by atoms with van der Waals surface area (Å²) in [5, 5.41) is 11.8. The van der Waals surface area contributed by atoms with E-state index in [1.807, 2.05) is 4.90 Å². The molecule has 0 bridgehead atoms. The number of carboxylic acid groups (broad SMARTS) is 1. The second kappa shape index (κ2) is 6.95. The van der Waals surface area contributed by atoms with Crippen molar-refractivity contribution in [3.05, 3.63) is 23.8 Å². The van der Waals surface area contributed by atoms with Crippen LogP contribution in [0, 0.1) is 0 Å². The Balaban J connectivity index is 1.79. The number of amides is 1. The average Bonchev–Trinajstić information content (AvgIpc) is 2.48. The van der Waals surface area contributed by atoms with Crippen molar-refractivity contribution in [3.8, 4) is 0 Å². The average molecular weight is 278 g/mol. The van der Waals surface area contributed by atoms with Crippen LogP contribution in [0.15, 0.2) is 12.4 Å². The summed E-state index contributed by atoms with van der Waals surface area (Å²) in [6.45, 7) is 2.25. The third kappa shape index (κ3) is 3.99. The molecular formula is C13H18N4O3. The van der Waals surface area contributed by atoms with Crippen LogP contribution in [0.3, 0.4) is 0 Å². The zero-order valence-electron chi connectivity index (χ0n) is 11.2. The summed E-state index contributed by atoms with van der Waals surface area (Å²) in [5.41, 5.74) is 0.517. The lowest BCUT2D eigenvalue weighted by molar-refractivity contribution is -0.131. The number of aromatic carboxylic acids is 1. The van der Waals surface area contributed by atoms with E-state index in [0.717, 1.165) is 25.9 Å². The lowest BCUT2D eigenvalue weighted by atomic mass is 10.1. The first-order valence-electron chi connectivity index (χ1n) is 6.69. The van der Waals surface area contributed by atoms with Crippen molar-refractivity contribution in [1.82, 2.24) is 20.2 Å². The first-order valence-corrected chi connectivity index (χ1v) is 6.69.